The average molecular weight is 262 g/mol. The summed E-state index contributed by atoms with van der Waals surface area (Å²) in [5, 5.41) is 13.8. The molecule has 1 aromatic rings. The van der Waals surface area contributed by atoms with Crippen molar-refractivity contribution in [3.8, 4) is 6.07 Å². The SMILES string of the molecule is CCCCn1nc(N2CCC(N)CC2)c(C#N)c1N. The topological polar surface area (TPSA) is 96.9 Å². The van der Waals surface area contributed by atoms with Gasteiger partial charge in [0.1, 0.15) is 17.5 Å². The molecule has 0 aromatic carbocycles. The molecule has 2 rings (SSSR count). The van der Waals surface area contributed by atoms with Crippen molar-refractivity contribution in [2.75, 3.05) is 23.7 Å². The van der Waals surface area contributed by atoms with E-state index in [1.54, 1.807) is 4.68 Å². The second kappa shape index (κ2) is 5.93. The number of rotatable bonds is 4. The largest absolute Gasteiger partial charge is 0.383 e. The third-order valence-corrected chi connectivity index (χ3v) is 3.65. The number of hydrogen-bond acceptors (Lipinski definition) is 5. The molecule has 0 bridgehead atoms. The molecule has 0 spiro atoms. The van der Waals surface area contributed by atoms with Crippen LogP contribution in [-0.2, 0) is 6.54 Å². The third-order valence-electron chi connectivity index (χ3n) is 3.65. The number of aryl methyl sites for hydroxylation is 1. The maximum atomic E-state index is 9.29. The van der Waals surface area contributed by atoms with E-state index >= 15 is 0 Å². The summed E-state index contributed by atoms with van der Waals surface area (Å²) in [5.41, 5.74) is 12.4. The van der Waals surface area contributed by atoms with Gasteiger partial charge in [-0.2, -0.15) is 10.4 Å². The molecule has 4 N–H and O–H groups in total. The lowest BCUT2D eigenvalue weighted by Gasteiger charge is -2.30. The Balaban J connectivity index is 2.22. The third kappa shape index (κ3) is 2.82. The van der Waals surface area contributed by atoms with Gasteiger partial charge in [0.25, 0.3) is 0 Å². The van der Waals surface area contributed by atoms with Crippen molar-refractivity contribution in [1.82, 2.24) is 9.78 Å². The number of nitrogens with two attached hydrogens (primary N) is 2. The van der Waals surface area contributed by atoms with Gasteiger partial charge in [0.2, 0.25) is 0 Å². The Morgan fingerprint density at radius 3 is 2.68 bits per heavy atom. The minimum atomic E-state index is 0.265. The van der Waals surface area contributed by atoms with Crippen LogP contribution in [-0.4, -0.2) is 28.9 Å². The van der Waals surface area contributed by atoms with Crippen molar-refractivity contribution >= 4 is 11.6 Å². The highest BCUT2D eigenvalue weighted by Crippen LogP contribution is 2.26. The first-order valence-electron chi connectivity index (χ1n) is 6.94. The Labute approximate surface area is 114 Å². The molecule has 1 aliphatic rings. The van der Waals surface area contributed by atoms with Gasteiger partial charge >= 0.3 is 0 Å². The van der Waals surface area contributed by atoms with E-state index in [-0.39, 0.29) is 6.04 Å². The van der Waals surface area contributed by atoms with Crippen molar-refractivity contribution < 1.29 is 0 Å². The van der Waals surface area contributed by atoms with Crippen molar-refractivity contribution in [2.24, 2.45) is 5.73 Å². The number of nitrogen functional groups attached to an aromatic ring is 1. The Bertz CT molecular complexity index is 464. The van der Waals surface area contributed by atoms with Gasteiger partial charge in [0, 0.05) is 25.7 Å². The first-order valence-corrected chi connectivity index (χ1v) is 6.94. The van der Waals surface area contributed by atoms with Crippen molar-refractivity contribution in [3.05, 3.63) is 5.56 Å². The molecule has 1 fully saturated rings. The fourth-order valence-electron chi connectivity index (χ4n) is 2.38. The second-order valence-corrected chi connectivity index (χ2v) is 5.10. The van der Waals surface area contributed by atoms with Crippen LogP contribution in [0.25, 0.3) is 0 Å². The molecule has 6 heteroatoms. The molecule has 0 aliphatic carbocycles. The van der Waals surface area contributed by atoms with E-state index in [0.717, 1.165) is 51.1 Å². The monoisotopic (exact) mass is 262 g/mol. The fraction of sp³-hybridized carbons (Fsp3) is 0.692. The van der Waals surface area contributed by atoms with Crippen LogP contribution >= 0.6 is 0 Å². The van der Waals surface area contributed by atoms with Gasteiger partial charge in [-0.25, -0.2) is 4.68 Å². The van der Waals surface area contributed by atoms with Gasteiger partial charge < -0.3 is 16.4 Å². The van der Waals surface area contributed by atoms with Crippen molar-refractivity contribution in [3.63, 3.8) is 0 Å². The minimum absolute atomic E-state index is 0.265. The summed E-state index contributed by atoms with van der Waals surface area (Å²) in [6.45, 7) is 4.59. The average Bonchev–Trinajstić information content (AvgIpc) is 2.73. The van der Waals surface area contributed by atoms with Gasteiger partial charge in [0.15, 0.2) is 5.82 Å². The fourth-order valence-corrected chi connectivity index (χ4v) is 2.38. The molecule has 0 radical (unpaired) electrons. The van der Waals surface area contributed by atoms with E-state index in [1.807, 2.05) is 0 Å². The zero-order chi connectivity index (χ0) is 13.8. The lowest BCUT2D eigenvalue weighted by molar-refractivity contribution is 0.494. The van der Waals surface area contributed by atoms with Crippen LogP contribution in [0.4, 0.5) is 11.6 Å². The molecular weight excluding hydrogens is 240 g/mol. The zero-order valence-electron chi connectivity index (χ0n) is 11.5. The van der Waals surface area contributed by atoms with E-state index in [0.29, 0.717) is 11.4 Å². The van der Waals surface area contributed by atoms with E-state index in [9.17, 15) is 5.26 Å². The van der Waals surface area contributed by atoms with E-state index < -0.39 is 0 Å². The molecule has 6 nitrogen and oxygen atoms in total. The normalized spacial score (nSPS) is 16.6. The Morgan fingerprint density at radius 2 is 2.11 bits per heavy atom. The Kier molecular flexibility index (Phi) is 4.27. The summed E-state index contributed by atoms with van der Waals surface area (Å²) in [6.07, 6.45) is 3.97. The molecule has 1 aromatic heterocycles. The number of hydrogen-bond donors (Lipinski definition) is 2. The number of aromatic nitrogens is 2. The van der Waals surface area contributed by atoms with Gasteiger partial charge in [0.05, 0.1) is 0 Å². The van der Waals surface area contributed by atoms with Crippen LogP contribution in [0.3, 0.4) is 0 Å². The summed E-state index contributed by atoms with van der Waals surface area (Å²) in [7, 11) is 0. The molecule has 0 amide bonds. The van der Waals surface area contributed by atoms with E-state index in [2.05, 4.69) is 23.0 Å². The summed E-state index contributed by atoms with van der Waals surface area (Å²) < 4.78 is 1.76. The minimum Gasteiger partial charge on any atom is -0.383 e. The standard InChI is InChI=1S/C13H22N6/c1-2-3-6-19-12(16)11(9-14)13(17-19)18-7-4-10(15)5-8-18/h10H,2-8,15-16H2,1H3. The quantitative estimate of drug-likeness (QED) is 0.845. The molecule has 0 unspecified atom stereocenters. The highest BCUT2D eigenvalue weighted by atomic mass is 15.4. The Morgan fingerprint density at radius 1 is 1.42 bits per heavy atom. The number of anilines is 2. The van der Waals surface area contributed by atoms with Crippen LogP contribution in [0.2, 0.25) is 0 Å². The van der Waals surface area contributed by atoms with Crippen LogP contribution in [0.15, 0.2) is 0 Å². The number of unbranched alkanes of at least 4 members (excludes halogenated alkanes) is 1. The van der Waals surface area contributed by atoms with Crippen LogP contribution in [0, 0.1) is 11.3 Å². The van der Waals surface area contributed by atoms with Gasteiger partial charge in [-0.05, 0) is 19.3 Å². The van der Waals surface area contributed by atoms with Gasteiger partial charge in [-0.1, -0.05) is 13.3 Å². The second-order valence-electron chi connectivity index (χ2n) is 5.10. The van der Waals surface area contributed by atoms with E-state index in [4.69, 9.17) is 11.5 Å². The van der Waals surface area contributed by atoms with Crippen molar-refractivity contribution in [1.29, 1.82) is 5.26 Å². The van der Waals surface area contributed by atoms with Crippen LogP contribution < -0.4 is 16.4 Å². The molecule has 2 heterocycles. The zero-order valence-corrected chi connectivity index (χ0v) is 11.5. The molecule has 1 saturated heterocycles. The molecule has 0 atom stereocenters. The molecule has 0 saturated carbocycles. The summed E-state index contributed by atoms with van der Waals surface area (Å²) in [6, 6.07) is 2.45. The summed E-state index contributed by atoms with van der Waals surface area (Å²) >= 11 is 0. The lowest BCUT2D eigenvalue weighted by atomic mass is 10.1. The number of nitriles is 1. The first-order chi connectivity index (χ1) is 9.17. The Hall–Kier alpha value is -1.74. The molecule has 19 heavy (non-hydrogen) atoms. The molecular formula is C13H22N6. The molecule has 104 valence electrons. The maximum Gasteiger partial charge on any atom is 0.170 e. The number of piperidine rings is 1. The van der Waals surface area contributed by atoms with Gasteiger partial charge in [-0.3, -0.25) is 0 Å². The van der Waals surface area contributed by atoms with Gasteiger partial charge in [-0.15, -0.1) is 0 Å². The number of nitrogens with zero attached hydrogens (tertiary/aromatic N) is 4. The molecule has 1 aliphatic heterocycles. The van der Waals surface area contributed by atoms with Crippen LogP contribution in [0.1, 0.15) is 38.2 Å². The summed E-state index contributed by atoms with van der Waals surface area (Å²) in [5.74, 6) is 1.21. The van der Waals surface area contributed by atoms with Crippen molar-refractivity contribution in [2.45, 2.75) is 45.2 Å². The lowest BCUT2D eigenvalue weighted by Crippen LogP contribution is -2.40. The highest BCUT2D eigenvalue weighted by molar-refractivity contribution is 5.65. The van der Waals surface area contributed by atoms with E-state index in [1.165, 1.54) is 0 Å². The predicted molar refractivity (Wildman–Crippen MR) is 75.7 cm³/mol. The van der Waals surface area contributed by atoms with Crippen LogP contribution in [0.5, 0.6) is 0 Å². The summed E-state index contributed by atoms with van der Waals surface area (Å²) in [4.78, 5) is 2.13. The maximum absolute atomic E-state index is 9.29. The first kappa shape index (κ1) is 13.7. The predicted octanol–water partition coefficient (Wildman–Crippen LogP) is 1.06. The highest BCUT2D eigenvalue weighted by Gasteiger charge is 2.24. The smallest absolute Gasteiger partial charge is 0.170 e.